The minimum atomic E-state index is -0.563. The molecule has 0 saturated heterocycles. The van der Waals surface area contributed by atoms with Gasteiger partial charge in [0.15, 0.2) is 0 Å². The Kier molecular flexibility index (Phi) is 4.22. The molecule has 1 aromatic carbocycles. The standard InChI is InChI=1S/C14H14N2O5/c1-9(12-4-3-7-21-12)15-14(17)11-8-10(16(18)19)5-6-13(11)20-2/h3-9H,1-2H3,(H,15,17). The summed E-state index contributed by atoms with van der Waals surface area (Å²) in [6.45, 7) is 1.75. The first-order valence-corrected chi connectivity index (χ1v) is 6.19. The van der Waals surface area contributed by atoms with Crippen molar-refractivity contribution >= 4 is 11.6 Å². The van der Waals surface area contributed by atoms with Gasteiger partial charge in [0.2, 0.25) is 0 Å². The van der Waals surface area contributed by atoms with Crippen molar-refractivity contribution in [3.05, 3.63) is 58.0 Å². The topological polar surface area (TPSA) is 94.6 Å². The molecule has 0 aliphatic carbocycles. The molecule has 0 saturated carbocycles. The average Bonchev–Trinajstić information content (AvgIpc) is 3.00. The quantitative estimate of drug-likeness (QED) is 0.674. The van der Waals surface area contributed by atoms with Gasteiger partial charge in [0.1, 0.15) is 11.5 Å². The van der Waals surface area contributed by atoms with Crippen LogP contribution in [0.5, 0.6) is 5.75 Å². The van der Waals surface area contributed by atoms with Crippen LogP contribution < -0.4 is 10.1 Å². The Hall–Kier alpha value is -2.83. The minimum absolute atomic E-state index is 0.102. The molecule has 0 bridgehead atoms. The van der Waals surface area contributed by atoms with Crippen molar-refractivity contribution in [1.29, 1.82) is 0 Å². The zero-order valence-corrected chi connectivity index (χ0v) is 11.5. The Bertz CT molecular complexity index is 651. The lowest BCUT2D eigenvalue weighted by Crippen LogP contribution is -2.26. The number of nitro benzene ring substituents is 1. The maximum atomic E-state index is 12.2. The summed E-state index contributed by atoms with van der Waals surface area (Å²) in [6.07, 6.45) is 1.51. The SMILES string of the molecule is COc1ccc([N+](=O)[O-])cc1C(=O)NC(C)c1ccco1. The molecule has 1 heterocycles. The van der Waals surface area contributed by atoms with E-state index in [4.69, 9.17) is 9.15 Å². The molecule has 0 aliphatic heterocycles. The number of nitro groups is 1. The summed E-state index contributed by atoms with van der Waals surface area (Å²) in [5.74, 6) is 0.386. The van der Waals surface area contributed by atoms with Gasteiger partial charge in [-0.1, -0.05) is 0 Å². The number of nitrogens with zero attached hydrogens (tertiary/aromatic N) is 1. The number of rotatable bonds is 5. The highest BCUT2D eigenvalue weighted by molar-refractivity contribution is 5.97. The lowest BCUT2D eigenvalue weighted by atomic mass is 10.1. The maximum Gasteiger partial charge on any atom is 0.270 e. The lowest BCUT2D eigenvalue weighted by molar-refractivity contribution is -0.384. The van der Waals surface area contributed by atoms with Crippen molar-refractivity contribution in [3.8, 4) is 5.75 Å². The van der Waals surface area contributed by atoms with Crippen LogP contribution in [0, 0.1) is 10.1 Å². The molecule has 110 valence electrons. The Morgan fingerprint density at radius 1 is 1.43 bits per heavy atom. The molecule has 2 rings (SSSR count). The van der Waals surface area contributed by atoms with Crippen molar-refractivity contribution in [3.63, 3.8) is 0 Å². The van der Waals surface area contributed by atoms with E-state index in [1.807, 2.05) is 0 Å². The fourth-order valence-corrected chi connectivity index (χ4v) is 1.87. The second-order valence-corrected chi connectivity index (χ2v) is 4.35. The number of carbonyl (C=O) groups is 1. The monoisotopic (exact) mass is 290 g/mol. The van der Waals surface area contributed by atoms with Crippen molar-refractivity contribution in [2.75, 3.05) is 7.11 Å². The van der Waals surface area contributed by atoms with Crippen LogP contribution in [0.4, 0.5) is 5.69 Å². The molecule has 21 heavy (non-hydrogen) atoms. The molecule has 1 N–H and O–H groups in total. The second-order valence-electron chi connectivity index (χ2n) is 4.35. The lowest BCUT2D eigenvalue weighted by Gasteiger charge is -2.13. The third kappa shape index (κ3) is 3.19. The second kappa shape index (κ2) is 6.08. The number of furan rings is 1. The number of amides is 1. The highest BCUT2D eigenvalue weighted by Crippen LogP contribution is 2.24. The summed E-state index contributed by atoms with van der Waals surface area (Å²) in [4.78, 5) is 22.5. The zero-order valence-electron chi connectivity index (χ0n) is 11.5. The van der Waals surface area contributed by atoms with E-state index in [9.17, 15) is 14.9 Å². The number of carbonyl (C=O) groups excluding carboxylic acids is 1. The van der Waals surface area contributed by atoms with Gasteiger partial charge in [-0.15, -0.1) is 0 Å². The number of nitrogens with one attached hydrogen (secondary N) is 1. The fourth-order valence-electron chi connectivity index (χ4n) is 1.87. The number of ether oxygens (including phenoxy) is 1. The first kappa shape index (κ1) is 14.6. The molecule has 0 aliphatic rings. The Balaban J connectivity index is 2.25. The van der Waals surface area contributed by atoms with Crippen LogP contribution in [0.1, 0.15) is 29.1 Å². The number of benzene rings is 1. The predicted octanol–water partition coefficient (Wildman–Crippen LogP) is 2.69. The highest BCUT2D eigenvalue weighted by Gasteiger charge is 2.20. The van der Waals surface area contributed by atoms with Gasteiger partial charge in [-0.25, -0.2) is 0 Å². The number of non-ortho nitro benzene ring substituents is 1. The van der Waals surface area contributed by atoms with Gasteiger partial charge in [-0.05, 0) is 25.1 Å². The van der Waals surface area contributed by atoms with Crippen LogP contribution in [0.2, 0.25) is 0 Å². The minimum Gasteiger partial charge on any atom is -0.496 e. The van der Waals surface area contributed by atoms with Crippen molar-refractivity contribution < 1.29 is 18.9 Å². The van der Waals surface area contributed by atoms with E-state index >= 15 is 0 Å². The van der Waals surface area contributed by atoms with Gasteiger partial charge < -0.3 is 14.5 Å². The van der Waals surface area contributed by atoms with Crippen LogP contribution in [0.15, 0.2) is 41.0 Å². The van der Waals surface area contributed by atoms with Crippen LogP contribution in [-0.2, 0) is 0 Å². The van der Waals surface area contributed by atoms with E-state index in [1.54, 1.807) is 19.1 Å². The third-order valence-corrected chi connectivity index (χ3v) is 2.96. The van der Waals surface area contributed by atoms with Gasteiger partial charge in [0, 0.05) is 12.1 Å². The Morgan fingerprint density at radius 3 is 2.76 bits per heavy atom. The van der Waals surface area contributed by atoms with Gasteiger partial charge in [-0.3, -0.25) is 14.9 Å². The number of hydrogen-bond acceptors (Lipinski definition) is 5. The van der Waals surface area contributed by atoms with Gasteiger partial charge in [0.25, 0.3) is 11.6 Å². The van der Waals surface area contributed by atoms with E-state index in [2.05, 4.69) is 5.32 Å². The van der Waals surface area contributed by atoms with Crippen LogP contribution in [-0.4, -0.2) is 17.9 Å². The fraction of sp³-hybridized carbons (Fsp3) is 0.214. The largest absolute Gasteiger partial charge is 0.496 e. The summed E-state index contributed by atoms with van der Waals surface area (Å²) in [5, 5.41) is 13.5. The molecule has 7 nitrogen and oxygen atoms in total. The summed E-state index contributed by atoms with van der Waals surface area (Å²) >= 11 is 0. The van der Waals surface area contributed by atoms with E-state index in [0.29, 0.717) is 5.76 Å². The van der Waals surface area contributed by atoms with E-state index in [0.717, 1.165) is 0 Å². The highest BCUT2D eigenvalue weighted by atomic mass is 16.6. The molecule has 7 heteroatoms. The summed E-state index contributed by atoms with van der Waals surface area (Å²) in [6, 6.07) is 6.94. The molecule has 0 spiro atoms. The van der Waals surface area contributed by atoms with Gasteiger partial charge in [0.05, 0.1) is 29.9 Å². The van der Waals surface area contributed by atoms with Crippen molar-refractivity contribution in [2.24, 2.45) is 0 Å². The molecule has 1 unspecified atom stereocenters. The molecule has 0 fully saturated rings. The van der Waals surface area contributed by atoms with Crippen molar-refractivity contribution in [2.45, 2.75) is 13.0 Å². The number of methoxy groups -OCH3 is 1. The van der Waals surface area contributed by atoms with Crippen LogP contribution in [0.3, 0.4) is 0 Å². The predicted molar refractivity (Wildman–Crippen MR) is 74.2 cm³/mol. The summed E-state index contributed by atoms with van der Waals surface area (Å²) in [5.41, 5.74) is -0.0725. The van der Waals surface area contributed by atoms with Crippen molar-refractivity contribution in [1.82, 2.24) is 5.32 Å². The van der Waals surface area contributed by atoms with Crippen LogP contribution >= 0.6 is 0 Å². The molecular weight excluding hydrogens is 276 g/mol. The average molecular weight is 290 g/mol. The maximum absolute atomic E-state index is 12.2. The van der Waals surface area contributed by atoms with E-state index in [-0.39, 0.29) is 23.0 Å². The van der Waals surface area contributed by atoms with E-state index < -0.39 is 10.8 Å². The molecule has 2 aromatic rings. The Morgan fingerprint density at radius 2 is 2.19 bits per heavy atom. The van der Waals surface area contributed by atoms with Gasteiger partial charge >= 0.3 is 0 Å². The number of hydrogen-bond donors (Lipinski definition) is 1. The first-order valence-electron chi connectivity index (χ1n) is 6.19. The third-order valence-electron chi connectivity index (χ3n) is 2.96. The normalized spacial score (nSPS) is 11.7. The van der Waals surface area contributed by atoms with E-state index in [1.165, 1.54) is 31.6 Å². The smallest absolute Gasteiger partial charge is 0.270 e. The van der Waals surface area contributed by atoms with Gasteiger partial charge in [-0.2, -0.15) is 0 Å². The summed E-state index contributed by atoms with van der Waals surface area (Å²) in [7, 11) is 1.40. The molecular formula is C14H14N2O5. The Labute approximate surface area is 120 Å². The first-order chi connectivity index (χ1) is 10.0. The zero-order chi connectivity index (χ0) is 15.4. The molecule has 1 amide bonds. The molecule has 1 aromatic heterocycles. The van der Waals surface area contributed by atoms with Crippen LogP contribution in [0.25, 0.3) is 0 Å². The molecule has 0 radical (unpaired) electrons. The molecule has 1 atom stereocenters. The summed E-state index contributed by atoms with van der Waals surface area (Å²) < 4.78 is 10.3.